The normalized spacial score (nSPS) is 15.3. The number of rotatable bonds is 4. The number of hydrogen-bond acceptors (Lipinski definition) is 3. The molecule has 3 rings (SSSR count). The van der Waals surface area contributed by atoms with Crippen LogP contribution in [0.5, 0.6) is 5.75 Å². The maximum absolute atomic E-state index is 12.7. The Morgan fingerprint density at radius 3 is 2.67 bits per heavy atom. The summed E-state index contributed by atoms with van der Waals surface area (Å²) < 4.78 is 5.60. The lowest BCUT2D eigenvalue weighted by Crippen LogP contribution is -2.32. The van der Waals surface area contributed by atoms with Crippen molar-refractivity contribution in [2.75, 3.05) is 18.6 Å². The van der Waals surface area contributed by atoms with Crippen LogP contribution in [0.3, 0.4) is 0 Å². The van der Waals surface area contributed by atoms with Crippen molar-refractivity contribution in [3.63, 3.8) is 0 Å². The number of fused-ring (bicyclic) bond motifs is 1. The molecule has 2 aromatic rings. The first-order valence-electron chi connectivity index (χ1n) is 8.00. The molecule has 5 nitrogen and oxygen atoms in total. The minimum atomic E-state index is -0.216. The minimum absolute atomic E-state index is 0.0372. The Hall–Kier alpha value is -2.82. The van der Waals surface area contributed by atoms with Gasteiger partial charge in [-0.15, -0.1) is 0 Å². The Balaban J connectivity index is 1.83. The summed E-state index contributed by atoms with van der Waals surface area (Å²) in [6.45, 7) is 2.21. The van der Waals surface area contributed by atoms with E-state index in [1.165, 1.54) is 4.90 Å². The van der Waals surface area contributed by atoms with Crippen LogP contribution in [0.25, 0.3) is 0 Å². The van der Waals surface area contributed by atoms with E-state index in [0.717, 1.165) is 11.3 Å². The van der Waals surface area contributed by atoms with Crippen molar-refractivity contribution < 1.29 is 14.3 Å². The van der Waals surface area contributed by atoms with Crippen molar-refractivity contribution in [2.24, 2.45) is 0 Å². The fourth-order valence-electron chi connectivity index (χ4n) is 2.85. The van der Waals surface area contributed by atoms with E-state index in [0.29, 0.717) is 24.3 Å². The quantitative estimate of drug-likeness (QED) is 0.941. The van der Waals surface area contributed by atoms with Crippen LogP contribution in [-0.4, -0.2) is 25.5 Å². The van der Waals surface area contributed by atoms with Gasteiger partial charge in [-0.05, 0) is 18.2 Å². The van der Waals surface area contributed by atoms with E-state index in [-0.39, 0.29) is 17.9 Å². The van der Waals surface area contributed by atoms with Gasteiger partial charge < -0.3 is 15.0 Å². The average Bonchev–Trinajstić information content (AvgIpc) is 3.03. The predicted octanol–water partition coefficient (Wildman–Crippen LogP) is 2.92. The molecule has 5 heteroatoms. The largest absolute Gasteiger partial charge is 0.491 e. The second-order valence-corrected chi connectivity index (χ2v) is 5.70. The first-order chi connectivity index (χ1) is 11.6. The van der Waals surface area contributed by atoms with Crippen LogP contribution in [0.2, 0.25) is 0 Å². The van der Waals surface area contributed by atoms with Crippen LogP contribution >= 0.6 is 0 Å². The summed E-state index contributed by atoms with van der Waals surface area (Å²) in [5.41, 5.74) is 2.06. The van der Waals surface area contributed by atoms with E-state index in [4.69, 9.17) is 4.74 Å². The minimum Gasteiger partial charge on any atom is -0.491 e. The summed E-state index contributed by atoms with van der Waals surface area (Å²) in [5.74, 6) is 0.547. The molecular weight excluding hydrogens is 304 g/mol. The smallest absolute Gasteiger partial charge is 0.254 e. The monoisotopic (exact) mass is 324 g/mol. The Morgan fingerprint density at radius 2 is 1.88 bits per heavy atom. The molecule has 0 saturated carbocycles. The van der Waals surface area contributed by atoms with Gasteiger partial charge in [-0.3, -0.25) is 9.59 Å². The molecule has 2 aromatic carbocycles. The number of amides is 2. The maximum atomic E-state index is 12.7. The van der Waals surface area contributed by atoms with Crippen molar-refractivity contribution in [3.8, 4) is 5.75 Å². The molecule has 0 fully saturated rings. The van der Waals surface area contributed by atoms with E-state index in [2.05, 4.69) is 5.32 Å². The van der Waals surface area contributed by atoms with Crippen molar-refractivity contribution in [3.05, 3.63) is 59.7 Å². The van der Waals surface area contributed by atoms with Crippen molar-refractivity contribution in [1.82, 2.24) is 5.32 Å². The lowest BCUT2D eigenvalue weighted by molar-refractivity contribution is -0.118. The lowest BCUT2D eigenvalue weighted by Gasteiger charge is -2.20. The Kier molecular flexibility index (Phi) is 4.51. The molecular formula is C19H20N2O3. The van der Waals surface area contributed by atoms with Crippen molar-refractivity contribution in [1.29, 1.82) is 0 Å². The number of ether oxygens (including phenoxy) is 1. The highest BCUT2D eigenvalue weighted by molar-refractivity contribution is 6.04. The fourth-order valence-corrected chi connectivity index (χ4v) is 2.85. The third kappa shape index (κ3) is 2.97. The molecule has 1 N–H and O–H groups in total. The van der Waals surface area contributed by atoms with Gasteiger partial charge >= 0.3 is 0 Å². The number of carbonyl (C=O) groups excluding carboxylic acids is 2. The van der Waals surface area contributed by atoms with Gasteiger partial charge in [0.15, 0.2) is 0 Å². The summed E-state index contributed by atoms with van der Waals surface area (Å²) in [6.07, 6.45) is 0.385. The topological polar surface area (TPSA) is 58.6 Å². The highest BCUT2D eigenvalue weighted by atomic mass is 16.5. The molecule has 0 aliphatic carbocycles. The van der Waals surface area contributed by atoms with Crippen LogP contribution in [0.15, 0.2) is 48.5 Å². The maximum Gasteiger partial charge on any atom is 0.254 e. The van der Waals surface area contributed by atoms with Crippen molar-refractivity contribution >= 4 is 17.5 Å². The van der Waals surface area contributed by atoms with Gasteiger partial charge in [0.05, 0.1) is 17.3 Å². The molecule has 0 unspecified atom stereocenters. The third-order valence-electron chi connectivity index (χ3n) is 4.19. The highest BCUT2D eigenvalue weighted by Gasteiger charge is 2.26. The third-order valence-corrected chi connectivity index (χ3v) is 4.19. The molecule has 0 radical (unpaired) electrons. The van der Waals surface area contributed by atoms with E-state index < -0.39 is 0 Å². The van der Waals surface area contributed by atoms with Crippen LogP contribution in [0.1, 0.15) is 35.3 Å². The Bertz CT molecular complexity index is 773. The number of carbonyl (C=O) groups is 2. The molecule has 1 aliphatic rings. The Morgan fingerprint density at radius 1 is 1.17 bits per heavy atom. The molecule has 124 valence electrons. The number of anilines is 1. The SMILES string of the molecule is CCC(=O)N(C)c1ccccc1C(=O)N[C@H]1COc2ccccc21. The molecule has 2 amide bonds. The second-order valence-electron chi connectivity index (χ2n) is 5.70. The van der Waals surface area contributed by atoms with Gasteiger partial charge in [0.25, 0.3) is 5.91 Å². The van der Waals surface area contributed by atoms with E-state index in [1.54, 1.807) is 32.2 Å². The van der Waals surface area contributed by atoms with Gasteiger partial charge in [0.1, 0.15) is 12.4 Å². The second kappa shape index (κ2) is 6.74. The number of para-hydroxylation sites is 2. The summed E-state index contributed by atoms with van der Waals surface area (Å²) in [7, 11) is 1.69. The number of benzene rings is 2. The van der Waals surface area contributed by atoms with Crippen LogP contribution in [0, 0.1) is 0 Å². The zero-order chi connectivity index (χ0) is 17.1. The summed E-state index contributed by atoms with van der Waals surface area (Å²) in [6, 6.07) is 14.6. The zero-order valence-electron chi connectivity index (χ0n) is 13.8. The number of nitrogens with one attached hydrogen (secondary N) is 1. The summed E-state index contributed by atoms with van der Waals surface area (Å²) in [5, 5.41) is 3.00. The molecule has 0 aromatic heterocycles. The molecule has 1 aliphatic heterocycles. The average molecular weight is 324 g/mol. The van der Waals surface area contributed by atoms with E-state index >= 15 is 0 Å². The Labute approximate surface area is 141 Å². The van der Waals surface area contributed by atoms with Gasteiger partial charge in [-0.25, -0.2) is 0 Å². The summed E-state index contributed by atoms with van der Waals surface area (Å²) in [4.78, 5) is 26.2. The summed E-state index contributed by atoms with van der Waals surface area (Å²) >= 11 is 0. The molecule has 1 heterocycles. The highest BCUT2D eigenvalue weighted by Crippen LogP contribution is 2.32. The molecule has 0 saturated heterocycles. The van der Waals surface area contributed by atoms with Gasteiger partial charge in [-0.2, -0.15) is 0 Å². The van der Waals surface area contributed by atoms with E-state index in [9.17, 15) is 9.59 Å². The molecule has 0 spiro atoms. The zero-order valence-corrected chi connectivity index (χ0v) is 13.8. The lowest BCUT2D eigenvalue weighted by atomic mass is 10.1. The van der Waals surface area contributed by atoms with Crippen molar-refractivity contribution in [2.45, 2.75) is 19.4 Å². The van der Waals surface area contributed by atoms with Crippen LogP contribution in [-0.2, 0) is 4.79 Å². The number of nitrogens with zero attached hydrogens (tertiary/aromatic N) is 1. The fraction of sp³-hybridized carbons (Fsp3) is 0.263. The first-order valence-corrected chi connectivity index (χ1v) is 8.00. The van der Waals surface area contributed by atoms with Gasteiger partial charge in [0.2, 0.25) is 5.91 Å². The predicted molar refractivity (Wildman–Crippen MR) is 92.3 cm³/mol. The van der Waals surface area contributed by atoms with Crippen LogP contribution in [0.4, 0.5) is 5.69 Å². The van der Waals surface area contributed by atoms with Gasteiger partial charge in [0, 0.05) is 19.0 Å². The first kappa shape index (κ1) is 16.1. The van der Waals surface area contributed by atoms with Gasteiger partial charge in [-0.1, -0.05) is 37.3 Å². The number of hydrogen-bond donors (Lipinski definition) is 1. The van der Waals surface area contributed by atoms with Crippen LogP contribution < -0.4 is 15.0 Å². The molecule has 0 bridgehead atoms. The van der Waals surface area contributed by atoms with E-state index in [1.807, 2.05) is 30.3 Å². The standard InChI is InChI=1S/C19H20N2O3/c1-3-18(22)21(2)16-10-6-4-9-14(16)19(23)20-15-12-24-17-11-7-5-8-13(15)17/h4-11,15H,3,12H2,1-2H3,(H,20,23)/t15-/m0/s1. The molecule has 1 atom stereocenters. The molecule has 24 heavy (non-hydrogen) atoms.